The van der Waals surface area contributed by atoms with Crippen molar-refractivity contribution < 1.29 is 4.39 Å². The molecule has 5 heteroatoms. The summed E-state index contributed by atoms with van der Waals surface area (Å²) in [4.78, 5) is 9.08. The first kappa shape index (κ1) is 10.9. The molecule has 1 heterocycles. The Morgan fingerprint density at radius 1 is 1.12 bits per heavy atom. The molecule has 0 fully saturated rings. The fourth-order valence-corrected chi connectivity index (χ4v) is 1.92. The molecule has 2 aromatic rings. The molecule has 16 heavy (non-hydrogen) atoms. The van der Waals surface area contributed by atoms with Crippen molar-refractivity contribution in [2.45, 2.75) is 10.6 Å². The van der Waals surface area contributed by atoms with Gasteiger partial charge < -0.3 is 5.73 Å². The van der Waals surface area contributed by atoms with E-state index < -0.39 is 0 Å². The van der Waals surface area contributed by atoms with Gasteiger partial charge in [-0.25, -0.2) is 9.37 Å². The molecule has 0 aliphatic heterocycles. The third kappa shape index (κ3) is 2.93. The Labute approximate surface area is 96.9 Å². The van der Waals surface area contributed by atoms with Crippen molar-refractivity contribution in [2.75, 3.05) is 5.73 Å². The summed E-state index contributed by atoms with van der Waals surface area (Å²) in [5.74, 6) is 0.881. The van der Waals surface area contributed by atoms with Gasteiger partial charge in [-0.3, -0.25) is 4.98 Å². The largest absolute Gasteiger partial charge is 0.382 e. The van der Waals surface area contributed by atoms with Gasteiger partial charge >= 0.3 is 0 Å². The summed E-state index contributed by atoms with van der Waals surface area (Å²) in [5.41, 5.74) is 6.28. The highest BCUT2D eigenvalue weighted by Gasteiger charge is 1.98. The van der Waals surface area contributed by atoms with Gasteiger partial charge in [0.2, 0.25) is 0 Å². The molecule has 1 aromatic heterocycles. The monoisotopic (exact) mass is 235 g/mol. The Hall–Kier alpha value is -1.62. The lowest BCUT2D eigenvalue weighted by Crippen LogP contribution is -1.94. The van der Waals surface area contributed by atoms with Crippen LogP contribution in [0.4, 0.5) is 10.2 Å². The highest BCUT2D eigenvalue weighted by molar-refractivity contribution is 7.98. The first-order valence-electron chi connectivity index (χ1n) is 4.69. The van der Waals surface area contributed by atoms with Gasteiger partial charge in [0.1, 0.15) is 11.6 Å². The predicted molar refractivity (Wildman–Crippen MR) is 62.4 cm³/mol. The van der Waals surface area contributed by atoms with Crippen LogP contribution in [0.2, 0.25) is 0 Å². The van der Waals surface area contributed by atoms with E-state index in [4.69, 9.17) is 5.73 Å². The van der Waals surface area contributed by atoms with Crippen molar-refractivity contribution in [3.8, 4) is 0 Å². The molecule has 0 radical (unpaired) electrons. The zero-order valence-corrected chi connectivity index (χ0v) is 9.25. The normalized spacial score (nSPS) is 10.3. The summed E-state index contributed by atoms with van der Waals surface area (Å²) < 4.78 is 12.6. The number of nitrogens with zero attached hydrogens (tertiary/aromatic N) is 2. The summed E-state index contributed by atoms with van der Waals surface area (Å²) >= 11 is 1.58. The lowest BCUT2D eigenvalue weighted by atomic mass is 10.4. The first-order valence-corrected chi connectivity index (χ1v) is 5.67. The van der Waals surface area contributed by atoms with Crippen LogP contribution in [0.5, 0.6) is 0 Å². The third-order valence-corrected chi connectivity index (χ3v) is 2.97. The van der Waals surface area contributed by atoms with Gasteiger partial charge in [-0.05, 0) is 24.3 Å². The molecule has 0 aliphatic carbocycles. The van der Waals surface area contributed by atoms with Crippen molar-refractivity contribution in [3.05, 3.63) is 48.2 Å². The molecule has 0 atom stereocenters. The van der Waals surface area contributed by atoms with E-state index in [1.54, 1.807) is 30.1 Å². The van der Waals surface area contributed by atoms with Gasteiger partial charge in [0.25, 0.3) is 0 Å². The van der Waals surface area contributed by atoms with E-state index in [-0.39, 0.29) is 5.82 Å². The van der Waals surface area contributed by atoms with Gasteiger partial charge in [-0.1, -0.05) is 0 Å². The lowest BCUT2D eigenvalue weighted by Gasteiger charge is -2.01. The van der Waals surface area contributed by atoms with Gasteiger partial charge in [-0.15, -0.1) is 11.8 Å². The van der Waals surface area contributed by atoms with Gasteiger partial charge in [0.15, 0.2) is 0 Å². The number of nitrogens with two attached hydrogens (primary N) is 1. The number of benzene rings is 1. The van der Waals surface area contributed by atoms with Crippen LogP contribution in [0, 0.1) is 5.82 Å². The maximum absolute atomic E-state index is 12.6. The number of thioether (sulfide) groups is 1. The quantitative estimate of drug-likeness (QED) is 0.830. The number of anilines is 1. The molecule has 3 nitrogen and oxygen atoms in total. The number of hydrogen-bond donors (Lipinski definition) is 1. The summed E-state index contributed by atoms with van der Waals surface area (Å²) in [5, 5.41) is 0. The average Bonchev–Trinajstić information content (AvgIpc) is 2.30. The third-order valence-electron chi connectivity index (χ3n) is 1.93. The van der Waals surface area contributed by atoms with E-state index in [2.05, 4.69) is 9.97 Å². The van der Waals surface area contributed by atoms with Crippen LogP contribution in [0.1, 0.15) is 5.69 Å². The Morgan fingerprint density at radius 2 is 1.88 bits per heavy atom. The SMILES string of the molecule is Nc1cnc(CSc2ccc(F)cc2)cn1. The van der Waals surface area contributed by atoms with Crippen molar-refractivity contribution in [3.63, 3.8) is 0 Å². The summed E-state index contributed by atoms with van der Waals surface area (Å²) in [6.07, 6.45) is 3.17. The predicted octanol–water partition coefficient (Wildman–Crippen LogP) is 2.49. The molecule has 82 valence electrons. The average molecular weight is 235 g/mol. The van der Waals surface area contributed by atoms with Crippen LogP contribution < -0.4 is 5.73 Å². The molecule has 0 spiro atoms. The second-order valence-corrected chi connectivity index (χ2v) is 4.22. The topological polar surface area (TPSA) is 51.8 Å². The van der Waals surface area contributed by atoms with Crippen molar-refractivity contribution in [1.29, 1.82) is 0 Å². The number of nitrogen functional groups attached to an aromatic ring is 1. The molecule has 2 N–H and O–H groups in total. The summed E-state index contributed by atoms with van der Waals surface area (Å²) in [6, 6.07) is 6.36. The Bertz CT molecular complexity index is 410. The van der Waals surface area contributed by atoms with Crippen molar-refractivity contribution in [2.24, 2.45) is 0 Å². The Balaban J connectivity index is 1.97. The minimum atomic E-state index is -0.225. The molecule has 0 bridgehead atoms. The zero-order valence-electron chi connectivity index (χ0n) is 8.43. The van der Waals surface area contributed by atoms with Crippen molar-refractivity contribution in [1.82, 2.24) is 9.97 Å². The van der Waals surface area contributed by atoms with E-state index in [9.17, 15) is 4.39 Å². The van der Waals surface area contributed by atoms with E-state index in [1.807, 2.05) is 0 Å². The highest BCUT2D eigenvalue weighted by atomic mass is 32.2. The van der Waals surface area contributed by atoms with Crippen LogP contribution in [-0.4, -0.2) is 9.97 Å². The minimum Gasteiger partial charge on any atom is -0.382 e. The minimum absolute atomic E-state index is 0.225. The lowest BCUT2D eigenvalue weighted by molar-refractivity contribution is 0.626. The second kappa shape index (κ2) is 4.94. The molecule has 0 unspecified atom stereocenters. The first-order chi connectivity index (χ1) is 7.74. The fourth-order valence-electron chi connectivity index (χ4n) is 1.13. The van der Waals surface area contributed by atoms with E-state index in [0.717, 1.165) is 10.6 Å². The maximum Gasteiger partial charge on any atom is 0.141 e. The van der Waals surface area contributed by atoms with Gasteiger partial charge in [-0.2, -0.15) is 0 Å². The number of halogens is 1. The van der Waals surface area contributed by atoms with Crippen molar-refractivity contribution >= 4 is 17.6 Å². The van der Waals surface area contributed by atoms with E-state index in [0.29, 0.717) is 11.6 Å². The molecule has 0 saturated carbocycles. The van der Waals surface area contributed by atoms with Gasteiger partial charge in [0.05, 0.1) is 18.1 Å². The Kier molecular flexibility index (Phi) is 3.36. The van der Waals surface area contributed by atoms with Crippen LogP contribution in [0.25, 0.3) is 0 Å². The van der Waals surface area contributed by atoms with Crippen LogP contribution in [0.15, 0.2) is 41.6 Å². The van der Waals surface area contributed by atoms with Crippen LogP contribution in [-0.2, 0) is 5.75 Å². The van der Waals surface area contributed by atoms with Gasteiger partial charge in [0, 0.05) is 10.6 Å². The number of rotatable bonds is 3. The second-order valence-electron chi connectivity index (χ2n) is 3.18. The Morgan fingerprint density at radius 3 is 2.50 bits per heavy atom. The number of hydrogen-bond acceptors (Lipinski definition) is 4. The smallest absolute Gasteiger partial charge is 0.141 e. The molecule has 0 amide bonds. The van der Waals surface area contributed by atoms with Crippen LogP contribution in [0.3, 0.4) is 0 Å². The van der Waals surface area contributed by atoms with Crippen LogP contribution >= 0.6 is 11.8 Å². The molecule has 2 rings (SSSR count). The standard InChI is InChI=1S/C11H10FN3S/c12-8-1-3-10(4-2-8)16-7-9-5-15-11(13)6-14-9/h1-6H,7H2,(H2,13,15). The molecule has 0 aliphatic rings. The molecular formula is C11H10FN3S. The zero-order chi connectivity index (χ0) is 11.4. The summed E-state index contributed by atoms with van der Waals surface area (Å²) in [7, 11) is 0. The molecule has 0 saturated heterocycles. The fraction of sp³-hybridized carbons (Fsp3) is 0.0909. The number of aromatic nitrogens is 2. The molecular weight excluding hydrogens is 225 g/mol. The van der Waals surface area contributed by atoms with E-state index >= 15 is 0 Å². The molecule has 1 aromatic carbocycles. The summed E-state index contributed by atoms with van der Waals surface area (Å²) in [6.45, 7) is 0. The maximum atomic E-state index is 12.6. The highest BCUT2D eigenvalue weighted by Crippen LogP contribution is 2.21. The van der Waals surface area contributed by atoms with E-state index in [1.165, 1.54) is 18.3 Å².